The molecule has 0 saturated heterocycles. The van der Waals surface area contributed by atoms with Crippen molar-refractivity contribution >= 4 is 17.7 Å². The van der Waals surface area contributed by atoms with E-state index in [4.69, 9.17) is 5.73 Å². The molecule has 1 aromatic carbocycles. The second-order valence-electron chi connectivity index (χ2n) is 5.34. The highest BCUT2D eigenvalue weighted by Gasteiger charge is 2.26. The zero-order valence-corrected chi connectivity index (χ0v) is 13.3. The Bertz CT molecular complexity index is 410. The van der Waals surface area contributed by atoms with E-state index in [1.807, 2.05) is 30.3 Å². The summed E-state index contributed by atoms with van der Waals surface area (Å²) in [7, 11) is 0. The fourth-order valence-electron chi connectivity index (χ4n) is 1.98. The summed E-state index contributed by atoms with van der Waals surface area (Å²) in [6.07, 6.45) is 1.05. The summed E-state index contributed by atoms with van der Waals surface area (Å²) in [5.41, 5.74) is 7.22. The van der Waals surface area contributed by atoms with E-state index in [0.717, 1.165) is 17.7 Å². The summed E-state index contributed by atoms with van der Waals surface area (Å²) in [5.74, 6) is 0.0562. The fourth-order valence-corrected chi connectivity index (χ4v) is 3.50. The molecule has 0 spiro atoms. The lowest BCUT2D eigenvalue weighted by molar-refractivity contribution is -0.141. The predicted molar refractivity (Wildman–Crippen MR) is 85.9 cm³/mol. The number of nitrogens with two attached hydrogens (primary N) is 1. The second kappa shape index (κ2) is 8.32. The Hall–Kier alpha value is -1.00. The molecule has 0 aromatic heterocycles. The molecular weight excluding hydrogens is 270 g/mol. The van der Waals surface area contributed by atoms with Gasteiger partial charge in [-0.05, 0) is 11.5 Å². The van der Waals surface area contributed by atoms with E-state index in [1.165, 1.54) is 0 Å². The minimum absolute atomic E-state index is 0.0520. The summed E-state index contributed by atoms with van der Waals surface area (Å²) in [6, 6.07) is 9.94. The van der Waals surface area contributed by atoms with E-state index >= 15 is 0 Å². The van der Waals surface area contributed by atoms with Gasteiger partial charge < -0.3 is 10.8 Å². The number of thioether (sulfide) groups is 1. The Morgan fingerprint density at radius 1 is 1.30 bits per heavy atom. The molecule has 0 radical (unpaired) electrons. The Morgan fingerprint density at radius 2 is 1.90 bits per heavy atom. The number of hydrogen-bond acceptors (Lipinski definition) is 3. The third-order valence-electron chi connectivity index (χ3n) is 3.81. The van der Waals surface area contributed by atoms with Crippen LogP contribution in [-0.4, -0.2) is 22.9 Å². The van der Waals surface area contributed by atoms with E-state index in [-0.39, 0.29) is 11.3 Å². The van der Waals surface area contributed by atoms with Crippen LogP contribution < -0.4 is 5.73 Å². The lowest BCUT2D eigenvalue weighted by atomic mass is 10.0. The number of benzene rings is 1. The number of aliphatic carboxylic acids is 1. The maximum atomic E-state index is 11.3. The van der Waals surface area contributed by atoms with Crippen LogP contribution in [0.4, 0.5) is 0 Å². The topological polar surface area (TPSA) is 63.3 Å². The van der Waals surface area contributed by atoms with Crippen LogP contribution in [0.5, 0.6) is 0 Å². The number of carboxylic acid groups (broad SMARTS) is 1. The summed E-state index contributed by atoms with van der Waals surface area (Å²) in [4.78, 5) is 11.3. The largest absolute Gasteiger partial charge is 0.481 e. The van der Waals surface area contributed by atoms with Gasteiger partial charge in [0.15, 0.2) is 0 Å². The normalized spacial score (nSPS) is 17.2. The summed E-state index contributed by atoms with van der Waals surface area (Å²) in [5, 5.41) is 9.24. The first-order valence-electron chi connectivity index (χ1n) is 7.12. The maximum Gasteiger partial charge on any atom is 0.307 e. The smallest absolute Gasteiger partial charge is 0.307 e. The summed E-state index contributed by atoms with van der Waals surface area (Å²) >= 11 is 1.66. The van der Waals surface area contributed by atoms with Gasteiger partial charge >= 0.3 is 5.97 Å². The second-order valence-corrected chi connectivity index (χ2v) is 6.52. The first-order valence-corrected chi connectivity index (χ1v) is 8.17. The molecular formula is C16H25NO2S. The SMILES string of the molecule is CCC(C)C(N)CSC(c1ccccc1)C(C)C(=O)O. The van der Waals surface area contributed by atoms with Gasteiger partial charge in [0.2, 0.25) is 0 Å². The Kier molecular flexibility index (Phi) is 7.10. The Balaban J connectivity index is 2.77. The lowest BCUT2D eigenvalue weighted by Gasteiger charge is -2.24. The number of carbonyl (C=O) groups is 1. The van der Waals surface area contributed by atoms with Crippen LogP contribution in [0, 0.1) is 11.8 Å². The first-order chi connectivity index (χ1) is 9.47. The predicted octanol–water partition coefficient (Wildman–Crippen LogP) is 3.56. The van der Waals surface area contributed by atoms with Gasteiger partial charge in [-0.1, -0.05) is 57.5 Å². The van der Waals surface area contributed by atoms with Crippen LogP contribution in [0.2, 0.25) is 0 Å². The van der Waals surface area contributed by atoms with Gasteiger partial charge in [0.25, 0.3) is 0 Å². The van der Waals surface area contributed by atoms with Crippen LogP contribution in [0.1, 0.15) is 38.0 Å². The van der Waals surface area contributed by atoms with Crippen molar-refractivity contribution in [1.82, 2.24) is 0 Å². The fraction of sp³-hybridized carbons (Fsp3) is 0.562. The minimum Gasteiger partial charge on any atom is -0.481 e. The molecule has 112 valence electrons. The zero-order chi connectivity index (χ0) is 15.1. The van der Waals surface area contributed by atoms with Crippen molar-refractivity contribution in [3.8, 4) is 0 Å². The molecule has 4 heteroatoms. The van der Waals surface area contributed by atoms with Crippen molar-refractivity contribution < 1.29 is 9.90 Å². The Morgan fingerprint density at radius 3 is 2.40 bits per heavy atom. The zero-order valence-electron chi connectivity index (χ0n) is 12.5. The van der Waals surface area contributed by atoms with Crippen LogP contribution >= 0.6 is 11.8 Å². The average molecular weight is 295 g/mol. The van der Waals surface area contributed by atoms with Gasteiger partial charge in [0, 0.05) is 17.0 Å². The van der Waals surface area contributed by atoms with Gasteiger partial charge in [-0.25, -0.2) is 0 Å². The molecule has 0 fully saturated rings. The summed E-state index contributed by atoms with van der Waals surface area (Å²) < 4.78 is 0. The van der Waals surface area contributed by atoms with E-state index in [1.54, 1.807) is 18.7 Å². The quantitative estimate of drug-likeness (QED) is 0.770. The van der Waals surface area contributed by atoms with Crippen LogP contribution in [0.3, 0.4) is 0 Å². The molecule has 0 aliphatic carbocycles. The standard InChI is InChI=1S/C16H25NO2S/c1-4-11(2)14(17)10-20-15(12(3)16(18)19)13-8-6-5-7-9-13/h5-9,11-12,14-15H,4,10,17H2,1-3H3,(H,18,19). The van der Waals surface area contributed by atoms with Crippen LogP contribution in [0.25, 0.3) is 0 Å². The molecule has 0 amide bonds. The number of carboxylic acids is 1. The van der Waals surface area contributed by atoms with Crippen LogP contribution in [0.15, 0.2) is 30.3 Å². The molecule has 20 heavy (non-hydrogen) atoms. The average Bonchev–Trinajstić information content (AvgIpc) is 2.47. The molecule has 3 N–H and O–H groups in total. The van der Waals surface area contributed by atoms with E-state index < -0.39 is 11.9 Å². The molecule has 0 heterocycles. The highest BCUT2D eigenvalue weighted by molar-refractivity contribution is 7.99. The number of hydrogen-bond donors (Lipinski definition) is 2. The lowest BCUT2D eigenvalue weighted by Crippen LogP contribution is -2.31. The number of rotatable bonds is 8. The van der Waals surface area contributed by atoms with Crippen molar-refractivity contribution in [3.05, 3.63) is 35.9 Å². The molecule has 4 unspecified atom stereocenters. The molecule has 0 bridgehead atoms. The van der Waals surface area contributed by atoms with Crippen molar-refractivity contribution in [2.75, 3.05) is 5.75 Å². The molecule has 3 nitrogen and oxygen atoms in total. The summed E-state index contributed by atoms with van der Waals surface area (Å²) in [6.45, 7) is 6.04. The molecule has 1 rings (SSSR count). The third-order valence-corrected chi connectivity index (χ3v) is 5.43. The van der Waals surface area contributed by atoms with Gasteiger partial charge in [-0.15, -0.1) is 0 Å². The van der Waals surface area contributed by atoms with E-state index in [0.29, 0.717) is 5.92 Å². The van der Waals surface area contributed by atoms with Crippen molar-refractivity contribution in [1.29, 1.82) is 0 Å². The van der Waals surface area contributed by atoms with E-state index in [9.17, 15) is 9.90 Å². The van der Waals surface area contributed by atoms with Crippen molar-refractivity contribution in [3.63, 3.8) is 0 Å². The molecule has 1 aromatic rings. The van der Waals surface area contributed by atoms with Crippen molar-refractivity contribution in [2.24, 2.45) is 17.6 Å². The minimum atomic E-state index is -0.761. The van der Waals surface area contributed by atoms with Gasteiger partial charge in [-0.2, -0.15) is 11.8 Å². The van der Waals surface area contributed by atoms with E-state index in [2.05, 4.69) is 13.8 Å². The molecule has 0 saturated carbocycles. The highest BCUT2D eigenvalue weighted by atomic mass is 32.2. The first kappa shape index (κ1) is 17.1. The monoisotopic (exact) mass is 295 g/mol. The van der Waals surface area contributed by atoms with Gasteiger partial charge in [-0.3, -0.25) is 4.79 Å². The molecule has 4 atom stereocenters. The molecule has 0 aliphatic rings. The Labute approximate surface area is 125 Å². The maximum absolute atomic E-state index is 11.3. The third kappa shape index (κ3) is 4.84. The van der Waals surface area contributed by atoms with Crippen LogP contribution in [-0.2, 0) is 4.79 Å². The van der Waals surface area contributed by atoms with Gasteiger partial charge in [0.05, 0.1) is 5.92 Å². The van der Waals surface area contributed by atoms with Gasteiger partial charge in [0.1, 0.15) is 0 Å². The molecule has 0 aliphatic heterocycles. The highest BCUT2D eigenvalue weighted by Crippen LogP contribution is 2.36. The van der Waals surface area contributed by atoms with Crippen molar-refractivity contribution in [2.45, 2.75) is 38.5 Å².